The molecule has 3 rings (SSSR count). The maximum atomic E-state index is 12.8. The molecule has 0 atom stereocenters. The maximum absolute atomic E-state index is 12.8. The van der Waals surface area contributed by atoms with Crippen molar-refractivity contribution in [2.24, 2.45) is 0 Å². The van der Waals surface area contributed by atoms with Crippen LogP contribution in [0.2, 0.25) is 5.02 Å². The van der Waals surface area contributed by atoms with E-state index in [1.54, 1.807) is 28.8 Å². The number of anilines is 1. The molecule has 1 N–H and O–H groups in total. The Balaban J connectivity index is 2.01. The molecular formula is C17H15ClN4O3. The lowest BCUT2D eigenvalue weighted by atomic mass is 10.2. The molecule has 0 aliphatic heterocycles. The molecule has 0 spiro atoms. The van der Waals surface area contributed by atoms with Crippen LogP contribution in [0.4, 0.5) is 11.4 Å². The van der Waals surface area contributed by atoms with E-state index in [-0.39, 0.29) is 5.69 Å². The van der Waals surface area contributed by atoms with Gasteiger partial charge in [-0.25, -0.2) is 4.98 Å². The number of aromatic nitrogens is 2. The van der Waals surface area contributed by atoms with Crippen molar-refractivity contribution in [3.05, 3.63) is 69.1 Å². The van der Waals surface area contributed by atoms with Gasteiger partial charge in [0.15, 0.2) is 0 Å². The van der Waals surface area contributed by atoms with Gasteiger partial charge in [-0.15, -0.1) is 0 Å². The summed E-state index contributed by atoms with van der Waals surface area (Å²) in [5, 5.41) is 14.1. The summed E-state index contributed by atoms with van der Waals surface area (Å²) < 4.78 is 1.64. The van der Waals surface area contributed by atoms with Crippen LogP contribution in [0.15, 0.2) is 42.6 Å². The molecule has 1 aromatic carbocycles. The van der Waals surface area contributed by atoms with Crippen LogP contribution in [-0.4, -0.2) is 20.2 Å². The Kier molecular flexibility index (Phi) is 4.67. The van der Waals surface area contributed by atoms with Crippen LogP contribution in [-0.2, 0) is 6.42 Å². The molecule has 0 unspecified atom stereocenters. The summed E-state index contributed by atoms with van der Waals surface area (Å²) >= 11 is 6.04. The van der Waals surface area contributed by atoms with Crippen molar-refractivity contribution >= 4 is 34.5 Å². The molecule has 3 aromatic rings. The van der Waals surface area contributed by atoms with Gasteiger partial charge in [0.05, 0.1) is 15.6 Å². The topological polar surface area (TPSA) is 89.5 Å². The van der Waals surface area contributed by atoms with Gasteiger partial charge in [0.2, 0.25) is 0 Å². The summed E-state index contributed by atoms with van der Waals surface area (Å²) in [6.07, 6.45) is 3.09. The summed E-state index contributed by atoms with van der Waals surface area (Å²) in [6.45, 7) is 2.00. The molecule has 2 heterocycles. The minimum Gasteiger partial charge on any atom is -0.320 e. The number of nitrogens with zero attached hydrogens (tertiary/aromatic N) is 3. The van der Waals surface area contributed by atoms with Crippen molar-refractivity contribution in [1.29, 1.82) is 0 Å². The minimum atomic E-state index is -0.508. The Labute approximate surface area is 148 Å². The predicted octanol–water partition coefficient (Wildman–Crippen LogP) is 4.10. The fraction of sp³-hybridized carbons (Fsp3) is 0.176. The number of rotatable bonds is 5. The van der Waals surface area contributed by atoms with Gasteiger partial charge in [-0.3, -0.25) is 19.3 Å². The SMILES string of the molecule is CCCc1nc2ccc(Cl)cn2c1C(=O)Nc1cccc([N+](=O)[O-])c1. The fourth-order valence-corrected chi connectivity index (χ4v) is 2.77. The molecule has 0 fully saturated rings. The first-order valence-corrected chi connectivity index (χ1v) is 8.09. The Morgan fingerprint density at radius 3 is 2.88 bits per heavy atom. The number of nitrogens with one attached hydrogen (secondary N) is 1. The second kappa shape index (κ2) is 6.90. The Bertz CT molecular complexity index is 968. The molecule has 8 heteroatoms. The molecule has 0 aliphatic carbocycles. The first-order valence-electron chi connectivity index (χ1n) is 7.72. The number of carbonyl (C=O) groups excluding carboxylic acids is 1. The van der Waals surface area contributed by atoms with Gasteiger partial charge in [0, 0.05) is 24.0 Å². The van der Waals surface area contributed by atoms with E-state index in [2.05, 4.69) is 10.3 Å². The van der Waals surface area contributed by atoms with Crippen molar-refractivity contribution < 1.29 is 9.72 Å². The van der Waals surface area contributed by atoms with Crippen LogP contribution in [0.3, 0.4) is 0 Å². The zero-order valence-corrected chi connectivity index (χ0v) is 14.2. The number of nitro groups is 1. The number of amides is 1. The van der Waals surface area contributed by atoms with Gasteiger partial charge in [-0.1, -0.05) is 31.0 Å². The number of hydrogen-bond acceptors (Lipinski definition) is 4. The van der Waals surface area contributed by atoms with Crippen LogP contribution in [0.25, 0.3) is 5.65 Å². The number of imidazole rings is 1. The van der Waals surface area contributed by atoms with Crippen LogP contribution in [0, 0.1) is 10.1 Å². The maximum Gasteiger partial charge on any atom is 0.274 e. The van der Waals surface area contributed by atoms with Gasteiger partial charge in [0.1, 0.15) is 11.3 Å². The standard InChI is InChI=1S/C17H15ClN4O3/c1-2-4-14-16(21-10-11(18)7-8-15(21)20-14)17(23)19-12-5-3-6-13(9-12)22(24)25/h3,5-10H,2,4H2,1H3,(H,19,23). The van der Waals surface area contributed by atoms with E-state index in [9.17, 15) is 14.9 Å². The number of pyridine rings is 1. The highest BCUT2D eigenvalue weighted by Crippen LogP contribution is 2.21. The Hall–Kier alpha value is -2.93. The van der Waals surface area contributed by atoms with Crippen molar-refractivity contribution in [3.63, 3.8) is 0 Å². The van der Waals surface area contributed by atoms with E-state index in [0.29, 0.717) is 34.2 Å². The highest BCUT2D eigenvalue weighted by atomic mass is 35.5. The number of carbonyl (C=O) groups is 1. The number of non-ortho nitro benzene ring substituents is 1. The number of aryl methyl sites for hydroxylation is 1. The van der Waals surface area contributed by atoms with Gasteiger partial charge >= 0.3 is 0 Å². The van der Waals surface area contributed by atoms with E-state index in [4.69, 9.17) is 11.6 Å². The minimum absolute atomic E-state index is 0.0900. The summed E-state index contributed by atoms with van der Waals surface area (Å²) in [7, 11) is 0. The van der Waals surface area contributed by atoms with E-state index in [0.717, 1.165) is 6.42 Å². The molecule has 0 saturated heterocycles. The predicted molar refractivity (Wildman–Crippen MR) is 95.2 cm³/mol. The third kappa shape index (κ3) is 3.46. The monoisotopic (exact) mass is 358 g/mol. The number of fused-ring (bicyclic) bond motifs is 1. The number of halogens is 1. The number of hydrogen-bond donors (Lipinski definition) is 1. The summed E-state index contributed by atoms with van der Waals surface area (Å²) in [6, 6.07) is 9.25. The molecule has 0 bridgehead atoms. The second-order valence-corrected chi connectivity index (χ2v) is 5.93. The molecule has 128 valence electrons. The smallest absolute Gasteiger partial charge is 0.274 e. The van der Waals surface area contributed by atoms with Crippen LogP contribution >= 0.6 is 11.6 Å². The van der Waals surface area contributed by atoms with Gasteiger partial charge < -0.3 is 5.32 Å². The van der Waals surface area contributed by atoms with E-state index in [1.807, 2.05) is 6.92 Å². The zero-order valence-electron chi connectivity index (χ0n) is 13.4. The average molecular weight is 359 g/mol. The Morgan fingerprint density at radius 1 is 1.36 bits per heavy atom. The van der Waals surface area contributed by atoms with E-state index < -0.39 is 10.8 Å². The van der Waals surface area contributed by atoms with Gasteiger partial charge in [0.25, 0.3) is 11.6 Å². The molecular weight excluding hydrogens is 344 g/mol. The van der Waals surface area contributed by atoms with Crippen LogP contribution < -0.4 is 5.32 Å². The average Bonchev–Trinajstić information content (AvgIpc) is 2.92. The van der Waals surface area contributed by atoms with E-state index >= 15 is 0 Å². The quantitative estimate of drug-likeness (QED) is 0.549. The first-order chi connectivity index (χ1) is 12.0. The van der Waals surface area contributed by atoms with Crippen molar-refractivity contribution in [3.8, 4) is 0 Å². The highest BCUT2D eigenvalue weighted by Gasteiger charge is 2.19. The second-order valence-electron chi connectivity index (χ2n) is 5.49. The molecule has 0 radical (unpaired) electrons. The zero-order chi connectivity index (χ0) is 18.0. The highest BCUT2D eigenvalue weighted by molar-refractivity contribution is 6.30. The van der Waals surface area contributed by atoms with Crippen molar-refractivity contribution in [1.82, 2.24) is 9.38 Å². The van der Waals surface area contributed by atoms with Crippen LogP contribution in [0.1, 0.15) is 29.5 Å². The molecule has 1 amide bonds. The van der Waals surface area contributed by atoms with Crippen LogP contribution in [0.5, 0.6) is 0 Å². The third-order valence-corrected chi connectivity index (χ3v) is 3.89. The lowest BCUT2D eigenvalue weighted by Crippen LogP contribution is -2.16. The number of benzene rings is 1. The molecule has 2 aromatic heterocycles. The molecule has 25 heavy (non-hydrogen) atoms. The number of nitro benzene ring substituents is 1. The van der Waals surface area contributed by atoms with E-state index in [1.165, 1.54) is 18.2 Å². The fourth-order valence-electron chi connectivity index (χ4n) is 2.61. The van der Waals surface area contributed by atoms with Crippen molar-refractivity contribution in [2.75, 3.05) is 5.32 Å². The largest absolute Gasteiger partial charge is 0.320 e. The lowest BCUT2D eigenvalue weighted by Gasteiger charge is -2.07. The first kappa shape index (κ1) is 16.9. The third-order valence-electron chi connectivity index (χ3n) is 3.67. The summed E-state index contributed by atoms with van der Waals surface area (Å²) in [4.78, 5) is 27.7. The lowest BCUT2D eigenvalue weighted by molar-refractivity contribution is -0.384. The van der Waals surface area contributed by atoms with Gasteiger partial charge in [-0.2, -0.15) is 0 Å². The normalized spacial score (nSPS) is 10.8. The summed E-state index contributed by atoms with van der Waals surface area (Å²) in [5.74, 6) is -0.390. The summed E-state index contributed by atoms with van der Waals surface area (Å²) in [5.41, 5.74) is 1.92. The van der Waals surface area contributed by atoms with Crippen molar-refractivity contribution in [2.45, 2.75) is 19.8 Å². The molecule has 0 aliphatic rings. The molecule has 7 nitrogen and oxygen atoms in total. The van der Waals surface area contributed by atoms with Gasteiger partial charge in [-0.05, 0) is 24.6 Å². The Morgan fingerprint density at radius 2 is 2.16 bits per heavy atom. The molecule has 0 saturated carbocycles.